The third-order valence-corrected chi connectivity index (χ3v) is 7.77. The number of nitrogens with one attached hydrogen (secondary N) is 1. The maximum atomic E-state index is 12.8. The number of fused-ring (bicyclic) bond motifs is 1. The number of nitrogens with zero attached hydrogens (tertiary/aromatic N) is 3. The summed E-state index contributed by atoms with van der Waals surface area (Å²) in [6.45, 7) is 4.19. The van der Waals surface area contributed by atoms with E-state index in [1.54, 1.807) is 12.1 Å². The fraction of sp³-hybridized carbons (Fsp3) is 0.217. The Morgan fingerprint density at radius 3 is 2.72 bits per heavy atom. The van der Waals surface area contributed by atoms with Gasteiger partial charge in [-0.1, -0.05) is 48.5 Å². The molecular weight excluding hydrogens is 444 g/mol. The number of hydrogen-bond acceptors (Lipinski definition) is 7. The number of sulfonamides is 1. The molecule has 7 nitrogen and oxygen atoms in total. The number of anilines is 2. The summed E-state index contributed by atoms with van der Waals surface area (Å²) in [5.41, 5.74) is 1.78. The van der Waals surface area contributed by atoms with Crippen LogP contribution < -0.4 is 9.62 Å². The minimum Gasteiger partial charge on any atom is -0.367 e. The Morgan fingerprint density at radius 2 is 1.94 bits per heavy atom. The lowest BCUT2D eigenvalue weighted by atomic mass is 9.93. The molecule has 1 aliphatic heterocycles. The van der Waals surface area contributed by atoms with Gasteiger partial charge in [0.15, 0.2) is 0 Å². The van der Waals surface area contributed by atoms with E-state index >= 15 is 0 Å². The number of benzene rings is 3. The van der Waals surface area contributed by atoms with Gasteiger partial charge in [-0.25, -0.2) is 13.4 Å². The first kappa shape index (κ1) is 20.9. The molecule has 5 rings (SSSR count). The molecule has 1 fully saturated rings. The Hall–Kier alpha value is -3.01. The molecular formula is C23H22N4O3S2. The molecule has 1 aliphatic rings. The minimum absolute atomic E-state index is 0.188. The van der Waals surface area contributed by atoms with Crippen LogP contribution >= 0.6 is 11.5 Å². The van der Waals surface area contributed by atoms with Crippen LogP contribution in [-0.2, 0) is 20.4 Å². The largest absolute Gasteiger partial charge is 0.367 e. The van der Waals surface area contributed by atoms with Crippen LogP contribution in [0.2, 0.25) is 0 Å². The van der Waals surface area contributed by atoms with Crippen LogP contribution in [0.3, 0.4) is 0 Å². The van der Waals surface area contributed by atoms with Gasteiger partial charge < -0.3 is 9.64 Å². The molecule has 3 aromatic carbocycles. The number of rotatable bonds is 5. The van der Waals surface area contributed by atoms with Crippen molar-refractivity contribution in [2.75, 3.05) is 29.3 Å². The van der Waals surface area contributed by atoms with Gasteiger partial charge in [-0.15, -0.1) is 0 Å². The highest BCUT2D eigenvalue weighted by molar-refractivity contribution is 7.93. The van der Waals surface area contributed by atoms with Crippen molar-refractivity contribution in [1.82, 2.24) is 9.36 Å². The van der Waals surface area contributed by atoms with E-state index in [1.165, 1.54) is 6.33 Å². The first-order valence-electron chi connectivity index (χ1n) is 10.2. The van der Waals surface area contributed by atoms with Crippen LogP contribution in [0, 0.1) is 0 Å². The third kappa shape index (κ3) is 3.94. The van der Waals surface area contributed by atoms with Gasteiger partial charge in [-0.05, 0) is 36.1 Å². The molecule has 0 spiro atoms. The Labute approximate surface area is 190 Å². The van der Waals surface area contributed by atoms with E-state index in [0.717, 1.165) is 40.1 Å². The van der Waals surface area contributed by atoms with Crippen LogP contribution in [0.15, 0.2) is 78.0 Å². The monoisotopic (exact) mass is 466 g/mol. The van der Waals surface area contributed by atoms with Crippen LogP contribution in [0.5, 0.6) is 0 Å². The number of aromatic nitrogens is 2. The molecule has 0 aliphatic carbocycles. The minimum atomic E-state index is -3.74. The Bertz CT molecular complexity index is 1340. The normalized spacial score (nSPS) is 19.2. The van der Waals surface area contributed by atoms with E-state index in [4.69, 9.17) is 4.74 Å². The summed E-state index contributed by atoms with van der Waals surface area (Å²) in [6, 6.07) is 21.4. The highest BCUT2D eigenvalue weighted by atomic mass is 32.2. The summed E-state index contributed by atoms with van der Waals surface area (Å²) in [5, 5.41) is 2.10. The Morgan fingerprint density at radius 1 is 1.09 bits per heavy atom. The van der Waals surface area contributed by atoms with Gasteiger partial charge in [0.2, 0.25) is 5.13 Å². The first-order chi connectivity index (χ1) is 15.4. The third-order valence-electron chi connectivity index (χ3n) is 5.72. The van der Waals surface area contributed by atoms with Crippen molar-refractivity contribution < 1.29 is 13.2 Å². The first-order valence-corrected chi connectivity index (χ1v) is 12.5. The summed E-state index contributed by atoms with van der Waals surface area (Å²) < 4.78 is 38.0. The predicted octanol–water partition coefficient (Wildman–Crippen LogP) is 4.24. The van der Waals surface area contributed by atoms with Gasteiger partial charge in [0, 0.05) is 29.2 Å². The van der Waals surface area contributed by atoms with Crippen molar-refractivity contribution in [2.45, 2.75) is 17.4 Å². The van der Waals surface area contributed by atoms with Gasteiger partial charge in [-0.2, -0.15) is 4.37 Å². The zero-order chi connectivity index (χ0) is 22.2. The highest BCUT2D eigenvalue weighted by Gasteiger charge is 2.34. The fourth-order valence-corrected chi connectivity index (χ4v) is 5.82. The topological polar surface area (TPSA) is 84.4 Å². The molecule has 0 saturated carbocycles. The second-order valence-electron chi connectivity index (χ2n) is 7.88. The molecule has 32 heavy (non-hydrogen) atoms. The lowest BCUT2D eigenvalue weighted by molar-refractivity contribution is -0.0465. The molecule has 4 aromatic rings. The SMILES string of the molecule is CC1(c2ccccc2)CN(c2cccc3cc(S(=O)(=O)Nc4ncns4)ccc23)CCO1. The van der Waals surface area contributed by atoms with Crippen LogP contribution in [0.1, 0.15) is 12.5 Å². The van der Waals surface area contributed by atoms with Crippen LogP contribution in [-0.4, -0.2) is 37.5 Å². The quantitative estimate of drug-likeness (QED) is 0.474. The van der Waals surface area contributed by atoms with E-state index in [9.17, 15) is 8.42 Å². The molecule has 0 amide bonds. The van der Waals surface area contributed by atoms with E-state index in [1.807, 2.05) is 36.4 Å². The lowest BCUT2D eigenvalue weighted by Gasteiger charge is -2.42. The van der Waals surface area contributed by atoms with Crippen molar-refractivity contribution in [3.8, 4) is 0 Å². The summed E-state index contributed by atoms with van der Waals surface area (Å²) in [7, 11) is -3.74. The van der Waals surface area contributed by atoms with E-state index < -0.39 is 15.6 Å². The molecule has 9 heteroatoms. The van der Waals surface area contributed by atoms with Gasteiger partial charge in [0.05, 0.1) is 18.0 Å². The second kappa shape index (κ2) is 8.16. The van der Waals surface area contributed by atoms with Crippen molar-refractivity contribution in [1.29, 1.82) is 0 Å². The van der Waals surface area contributed by atoms with Gasteiger partial charge in [0.25, 0.3) is 10.0 Å². The molecule has 0 bridgehead atoms. The highest BCUT2D eigenvalue weighted by Crippen LogP contribution is 2.35. The molecule has 0 radical (unpaired) electrons. The number of morpholine rings is 1. The summed E-state index contributed by atoms with van der Waals surface area (Å²) in [6.07, 6.45) is 1.32. The smallest absolute Gasteiger partial charge is 0.263 e. The maximum absolute atomic E-state index is 12.8. The summed E-state index contributed by atoms with van der Waals surface area (Å²) in [5.74, 6) is 0. The van der Waals surface area contributed by atoms with Crippen LogP contribution in [0.25, 0.3) is 10.8 Å². The molecule has 1 atom stereocenters. The zero-order valence-corrected chi connectivity index (χ0v) is 19.1. The average molecular weight is 467 g/mol. The fourth-order valence-electron chi connectivity index (χ4n) is 4.12. The Balaban J connectivity index is 1.48. The molecule has 1 saturated heterocycles. The van der Waals surface area contributed by atoms with Crippen LogP contribution in [0.4, 0.5) is 10.8 Å². The van der Waals surface area contributed by atoms with Crippen molar-refractivity contribution >= 4 is 43.1 Å². The second-order valence-corrected chi connectivity index (χ2v) is 10.3. The lowest BCUT2D eigenvalue weighted by Crippen LogP contribution is -2.48. The van der Waals surface area contributed by atoms with E-state index in [-0.39, 0.29) is 10.0 Å². The van der Waals surface area contributed by atoms with Crippen molar-refractivity contribution in [2.24, 2.45) is 0 Å². The number of hydrogen-bond donors (Lipinski definition) is 1. The standard InChI is InChI=1S/C23H22N4O3S2/c1-23(18-7-3-2-4-8-18)15-27(12-13-30-23)21-9-5-6-17-14-19(10-11-20(17)21)32(28,29)26-22-24-16-25-31-22/h2-11,14,16H,12-13,15H2,1H3,(H,24,25,26). The number of ether oxygens (including phenoxy) is 1. The zero-order valence-electron chi connectivity index (χ0n) is 17.4. The molecule has 1 aromatic heterocycles. The van der Waals surface area contributed by atoms with Gasteiger partial charge in [-0.3, -0.25) is 4.72 Å². The summed E-state index contributed by atoms with van der Waals surface area (Å²) >= 11 is 0.997. The van der Waals surface area contributed by atoms with Crippen molar-refractivity contribution in [3.63, 3.8) is 0 Å². The van der Waals surface area contributed by atoms with Crippen molar-refractivity contribution in [3.05, 3.63) is 78.6 Å². The van der Waals surface area contributed by atoms with E-state index in [2.05, 4.69) is 44.1 Å². The maximum Gasteiger partial charge on any atom is 0.263 e. The Kier molecular flexibility index (Phi) is 5.32. The van der Waals surface area contributed by atoms with E-state index in [0.29, 0.717) is 13.2 Å². The molecule has 1 N–H and O–H groups in total. The molecule has 1 unspecified atom stereocenters. The summed E-state index contributed by atoms with van der Waals surface area (Å²) in [4.78, 5) is 6.40. The van der Waals surface area contributed by atoms with Gasteiger partial charge in [0.1, 0.15) is 11.9 Å². The average Bonchev–Trinajstić information content (AvgIpc) is 3.31. The predicted molar refractivity (Wildman–Crippen MR) is 127 cm³/mol. The van der Waals surface area contributed by atoms with Gasteiger partial charge >= 0.3 is 0 Å². The molecule has 2 heterocycles. The molecule has 164 valence electrons.